The van der Waals surface area contributed by atoms with Crippen molar-refractivity contribution in [1.29, 1.82) is 0 Å². The summed E-state index contributed by atoms with van der Waals surface area (Å²) < 4.78 is 23.0. The molecule has 3 aliphatic rings. The zero-order chi connectivity index (χ0) is 10.7. The molecule has 0 aromatic heterocycles. The lowest BCUT2D eigenvalue weighted by Crippen LogP contribution is -2.51. The zero-order valence-electron chi connectivity index (χ0n) is 8.98. The number of hydrogen-bond donors (Lipinski definition) is 1. The van der Waals surface area contributed by atoms with Gasteiger partial charge in [0.1, 0.15) is 0 Å². The minimum absolute atomic E-state index is 0.132. The summed E-state index contributed by atoms with van der Waals surface area (Å²) in [6.07, 6.45) is 5.70. The van der Waals surface area contributed by atoms with E-state index in [4.69, 9.17) is 5.73 Å². The van der Waals surface area contributed by atoms with Crippen molar-refractivity contribution in [1.82, 2.24) is 0 Å². The first kappa shape index (κ1) is 10.1. The first-order valence-corrected chi connectivity index (χ1v) is 7.81. The molecule has 1 heterocycles. The van der Waals surface area contributed by atoms with E-state index in [0.29, 0.717) is 17.4 Å². The van der Waals surface area contributed by atoms with Crippen LogP contribution in [-0.4, -0.2) is 25.5 Å². The molecule has 0 radical (unpaired) electrons. The van der Waals surface area contributed by atoms with E-state index in [1.165, 1.54) is 19.3 Å². The molecule has 2 bridgehead atoms. The Bertz CT molecular complexity index is 378. The summed E-state index contributed by atoms with van der Waals surface area (Å²) >= 11 is 0. The van der Waals surface area contributed by atoms with E-state index in [9.17, 15) is 8.42 Å². The van der Waals surface area contributed by atoms with Crippen LogP contribution in [0.25, 0.3) is 0 Å². The molecule has 2 aliphatic carbocycles. The van der Waals surface area contributed by atoms with Crippen molar-refractivity contribution in [2.75, 3.05) is 11.5 Å². The SMILES string of the molecule is NC1(C2CCS(=O)(=O)C2)CC2CCC1C2. The molecule has 4 atom stereocenters. The zero-order valence-corrected chi connectivity index (χ0v) is 9.80. The van der Waals surface area contributed by atoms with Crippen LogP contribution in [0.15, 0.2) is 0 Å². The van der Waals surface area contributed by atoms with E-state index in [0.717, 1.165) is 18.8 Å². The third-order valence-corrected chi connectivity index (χ3v) is 6.70. The summed E-state index contributed by atoms with van der Waals surface area (Å²) in [5.74, 6) is 2.38. The largest absolute Gasteiger partial charge is 0.325 e. The molecule has 0 amide bonds. The molecular formula is C11H19NO2S. The van der Waals surface area contributed by atoms with Gasteiger partial charge in [0.2, 0.25) is 0 Å². The summed E-state index contributed by atoms with van der Waals surface area (Å²) in [6.45, 7) is 0. The lowest BCUT2D eigenvalue weighted by molar-refractivity contribution is 0.191. The molecule has 4 unspecified atom stereocenters. The van der Waals surface area contributed by atoms with E-state index >= 15 is 0 Å². The quantitative estimate of drug-likeness (QED) is 0.728. The molecule has 86 valence electrons. The number of rotatable bonds is 1. The van der Waals surface area contributed by atoms with Gasteiger partial charge in [-0.2, -0.15) is 0 Å². The smallest absolute Gasteiger partial charge is 0.150 e. The average molecular weight is 229 g/mol. The summed E-state index contributed by atoms with van der Waals surface area (Å²) in [5.41, 5.74) is 6.37. The molecule has 0 aromatic rings. The van der Waals surface area contributed by atoms with Crippen LogP contribution in [0, 0.1) is 17.8 Å². The van der Waals surface area contributed by atoms with E-state index < -0.39 is 9.84 Å². The maximum absolute atomic E-state index is 11.5. The highest BCUT2D eigenvalue weighted by Crippen LogP contribution is 2.54. The molecule has 15 heavy (non-hydrogen) atoms. The van der Waals surface area contributed by atoms with E-state index in [-0.39, 0.29) is 11.5 Å². The Balaban J connectivity index is 1.83. The standard InChI is InChI=1S/C11H19NO2S/c12-11(6-8-1-2-9(11)5-8)10-3-4-15(13,14)7-10/h8-10H,1-7,12H2. The van der Waals surface area contributed by atoms with Crippen molar-refractivity contribution < 1.29 is 8.42 Å². The highest BCUT2D eigenvalue weighted by atomic mass is 32.2. The van der Waals surface area contributed by atoms with Gasteiger partial charge in [0, 0.05) is 5.54 Å². The summed E-state index contributed by atoms with van der Waals surface area (Å²) in [5, 5.41) is 0. The van der Waals surface area contributed by atoms with Crippen LogP contribution in [0.1, 0.15) is 32.1 Å². The van der Waals surface area contributed by atoms with Crippen molar-refractivity contribution in [2.24, 2.45) is 23.5 Å². The van der Waals surface area contributed by atoms with Gasteiger partial charge in [-0.3, -0.25) is 0 Å². The molecule has 2 saturated carbocycles. The number of hydrogen-bond acceptors (Lipinski definition) is 3. The Kier molecular flexibility index (Phi) is 2.00. The lowest BCUT2D eigenvalue weighted by Gasteiger charge is -2.38. The predicted octanol–water partition coefficient (Wildman–Crippen LogP) is 0.939. The maximum Gasteiger partial charge on any atom is 0.150 e. The van der Waals surface area contributed by atoms with Gasteiger partial charge in [0.25, 0.3) is 0 Å². The first-order valence-electron chi connectivity index (χ1n) is 5.99. The molecule has 0 spiro atoms. The Morgan fingerprint density at radius 2 is 1.93 bits per heavy atom. The van der Waals surface area contributed by atoms with Crippen LogP contribution in [0.5, 0.6) is 0 Å². The van der Waals surface area contributed by atoms with Crippen molar-refractivity contribution in [3.05, 3.63) is 0 Å². The van der Waals surface area contributed by atoms with Crippen LogP contribution < -0.4 is 5.73 Å². The Hall–Kier alpha value is -0.0900. The second-order valence-corrected chi connectivity index (χ2v) is 8.02. The molecule has 3 fully saturated rings. The normalized spacial score (nSPS) is 52.5. The first-order chi connectivity index (χ1) is 7.00. The highest BCUT2D eigenvalue weighted by Gasteiger charge is 2.54. The van der Waals surface area contributed by atoms with E-state index in [1.54, 1.807) is 0 Å². The Morgan fingerprint density at radius 3 is 2.40 bits per heavy atom. The van der Waals surface area contributed by atoms with Crippen molar-refractivity contribution in [3.63, 3.8) is 0 Å². The lowest BCUT2D eigenvalue weighted by atomic mass is 9.72. The van der Waals surface area contributed by atoms with Crippen LogP contribution >= 0.6 is 0 Å². The van der Waals surface area contributed by atoms with E-state index in [2.05, 4.69) is 0 Å². The van der Waals surface area contributed by atoms with Gasteiger partial charge >= 0.3 is 0 Å². The van der Waals surface area contributed by atoms with Crippen LogP contribution in [0.2, 0.25) is 0 Å². The minimum atomic E-state index is -2.77. The fraction of sp³-hybridized carbons (Fsp3) is 1.00. The van der Waals surface area contributed by atoms with Gasteiger partial charge in [-0.25, -0.2) is 8.42 Å². The van der Waals surface area contributed by atoms with Gasteiger partial charge in [-0.1, -0.05) is 6.42 Å². The monoisotopic (exact) mass is 229 g/mol. The number of nitrogens with two attached hydrogens (primary N) is 1. The second-order valence-electron chi connectivity index (χ2n) is 5.79. The van der Waals surface area contributed by atoms with E-state index in [1.807, 2.05) is 0 Å². The van der Waals surface area contributed by atoms with Crippen LogP contribution in [0.3, 0.4) is 0 Å². The average Bonchev–Trinajstić information content (AvgIpc) is 2.78. The van der Waals surface area contributed by atoms with Crippen molar-refractivity contribution in [2.45, 2.75) is 37.6 Å². The summed E-state index contributed by atoms with van der Waals surface area (Å²) in [4.78, 5) is 0. The van der Waals surface area contributed by atoms with Crippen molar-refractivity contribution in [3.8, 4) is 0 Å². The highest BCUT2D eigenvalue weighted by molar-refractivity contribution is 7.91. The van der Waals surface area contributed by atoms with Crippen molar-refractivity contribution >= 4 is 9.84 Å². The van der Waals surface area contributed by atoms with Crippen LogP contribution in [0.4, 0.5) is 0 Å². The molecule has 1 aliphatic heterocycles. The molecular weight excluding hydrogens is 210 g/mol. The number of sulfone groups is 1. The molecule has 2 N–H and O–H groups in total. The Labute approximate surface area is 91.3 Å². The minimum Gasteiger partial charge on any atom is -0.325 e. The van der Waals surface area contributed by atoms with Gasteiger partial charge in [0.15, 0.2) is 9.84 Å². The molecule has 3 nitrogen and oxygen atoms in total. The van der Waals surface area contributed by atoms with Gasteiger partial charge in [-0.05, 0) is 43.4 Å². The van der Waals surface area contributed by atoms with Gasteiger partial charge < -0.3 is 5.73 Å². The summed E-state index contributed by atoms with van der Waals surface area (Å²) in [6, 6.07) is 0. The predicted molar refractivity (Wildman–Crippen MR) is 59.1 cm³/mol. The topological polar surface area (TPSA) is 60.2 Å². The summed E-state index contributed by atoms with van der Waals surface area (Å²) in [7, 11) is -2.77. The molecule has 4 heteroatoms. The fourth-order valence-electron chi connectivity index (χ4n) is 4.13. The number of fused-ring (bicyclic) bond motifs is 2. The molecule has 0 aromatic carbocycles. The van der Waals surface area contributed by atoms with Gasteiger partial charge in [0.05, 0.1) is 11.5 Å². The maximum atomic E-state index is 11.5. The van der Waals surface area contributed by atoms with Gasteiger partial charge in [-0.15, -0.1) is 0 Å². The third kappa shape index (κ3) is 1.45. The molecule has 3 rings (SSSR count). The Morgan fingerprint density at radius 1 is 1.13 bits per heavy atom. The molecule has 1 saturated heterocycles. The second kappa shape index (κ2) is 2.98. The fourth-order valence-corrected chi connectivity index (χ4v) is 6.03. The van der Waals surface area contributed by atoms with Crippen LogP contribution in [-0.2, 0) is 9.84 Å². The third-order valence-electron chi connectivity index (χ3n) is 4.94.